The number of carbonyl (C=O) groups excluding carboxylic acids is 2. The van der Waals surface area contributed by atoms with E-state index in [1.807, 2.05) is 13.8 Å². The summed E-state index contributed by atoms with van der Waals surface area (Å²) in [5.41, 5.74) is 1.09. The number of rotatable bonds is 2. The van der Waals surface area contributed by atoms with E-state index in [9.17, 15) is 9.59 Å². The number of amides is 3. The number of carbonyl (C=O) groups is 2. The summed E-state index contributed by atoms with van der Waals surface area (Å²) < 4.78 is 0. The van der Waals surface area contributed by atoms with Crippen molar-refractivity contribution >= 4 is 28.4 Å². The van der Waals surface area contributed by atoms with Crippen LogP contribution in [0.3, 0.4) is 0 Å². The Bertz CT molecular complexity index is 529. The Kier molecular flexibility index (Phi) is 3.50. The van der Waals surface area contributed by atoms with Crippen molar-refractivity contribution < 1.29 is 9.59 Å². The first-order chi connectivity index (χ1) is 9.58. The van der Waals surface area contributed by atoms with Crippen LogP contribution >= 0.6 is 11.3 Å². The summed E-state index contributed by atoms with van der Waals surface area (Å²) in [6, 6.07) is -0.192. The Labute approximate surface area is 122 Å². The quantitative estimate of drug-likeness (QED) is 0.622. The average molecular weight is 293 g/mol. The van der Waals surface area contributed by atoms with Gasteiger partial charge < -0.3 is 4.90 Å². The maximum atomic E-state index is 12.3. The number of fused-ring (bicyclic) bond motifs is 1. The molecule has 0 aromatic carbocycles. The van der Waals surface area contributed by atoms with Crippen molar-refractivity contribution in [2.75, 3.05) is 11.4 Å². The minimum absolute atomic E-state index is 0.0363. The number of thiazole rings is 1. The Morgan fingerprint density at radius 3 is 2.60 bits per heavy atom. The van der Waals surface area contributed by atoms with Crippen LogP contribution in [0.4, 0.5) is 9.93 Å². The highest BCUT2D eigenvalue weighted by atomic mass is 32.1. The van der Waals surface area contributed by atoms with Crippen LogP contribution in [0.5, 0.6) is 0 Å². The summed E-state index contributed by atoms with van der Waals surface area (Å²) in [5, 5.41) is 0.565. The molecule has 0 unspecified atom stereocenters. The fourth-order valence-corrected chi connectivity index (χ4v) is 3.88. The second kappa shape index (κ2) is 5.16. The Hall–Kier alpha value is -1.43. The van der Waals surface area contributed by atoms with Gasteiger partial charge >= 0.3 is 6.03 Å². The molecule has 1 aromatic rings. The van der Waals surface area contributed by atoms with Crippen LogP contribution in [0.2, 0.25) is 0 Å². The van der Waals surface area contributed by atoms with Gasteiger partial charge in [-0.25, -0.2) is 14.7 Å². The molecular formula is C14H19N3O2S. The lowest BCUT2D eigenvalue weighted by molar-refractivity contribution is -0.116. The fourth-order valence-electron chi connectivity index (χ4n) is 2.72. The van der Waals surface area contributed by atoms with Gasteiger partial charge in [0, 0.05) is 10.9 Å². The molecule has 1 aliphatic carbocycles. The average Bonchev–Trinajstić information content (AvgIpc) is 2.83. The lowest BCUT2D eigenvalue weighted by Gasteiger charge is -2.19. The van der Waals surface area contributed by atoms with Crippen molar-refractivity contribution in [3.63, 3.8) is 0 Å². The van der Waals surface area contributed by atoms with Gasteiger partial charge in [-0.2, -0.15) is 0 Å². The van der Waals surface area contributed by atoms with Crippen molar-refractivity contribution in [1.29, 1.82) is 0 Å². The molecule has 1 saturated heterocycles. The molecule has 3 rings (SSSR count). The molecule has 0 N–H and O–H groups in total. The second-order valence-corrected chi connectivity index (χ2v) is 6.72. The highest BCUT2D eigenvalue weighted by Crippen LogP contribution is 2.33. The van der Waals surface area contributed by atoms with E-state index in [-0.39, 0.29) is 24.5 Å². The maximum Gasteiger partial charge on any atom is 0.334 e. The predicted molar refractivity (Wildman–Crippen MR) is 78.1 cm³/mol. The minimum Gasteiger partial charge on any atom is -0.312 e. The molecule has 0 atom stereocenters. The van der Waals surface area contributed by atoms with E-state index in [4.69, 9.17) is 0 Å². The third-order valence-electron chi connectivity index (χ3n) is 3.89. The number of imide groups is 1. The number of anilines is 1. The monoisotopic (exact) mass is 293 g/mol. The zero-order valence-electron chi connectivity index (χ0n) is 11.9. The van der Waals surface area contributed by atoms with Crippen LogP contribution in [0.15, 0.2) is 0 Å². The van der Waals surface area contributed by atoms with Gasteiger partial charge in [0.2, 0.25) is 5.13 Å². The summed E-state index contributed by atoms with van der Waals surface area (Å²) >= 11 is 1.51. The standard InChI is InChI=1S/C14H19N3O2S/c1-9(2)16-8-12(18)17(14(16)19)13-15-10-6-4-3-5-7-11(10)20-13/h9H,3-8H2,1-2H3. The Balaban J connectivity index is 1.89. The van der Waals surface area contributed by atoms with Gasteiger partial charge in [0.15, 0.2) is 0 Å². The van der Waals surface area contributed by atoms with Crippen LogP contribution in [-0.4, -0.2) is 34.4 Å². The fraction of sp³-hybridized carbons (Fsp3) is 0.643. The van der Waals surface area contributed by atoms with Gasteiger partial charge in [0.1, 0.15) is 6.54 Å². The van der Waals surface area contributed by atoms with Crippen molar-refractivity contribution in [3.8, 4) is 0 Å². The minimum atomic E-state index is -0.228. The van der Waals surface area contributed by atoms with Crippen LogP contribution in [0, 0.1) is 0 Å². The van der Waals surface area contributed by atoms with Gasteiger partial charge in [-0.3, -0.25) is 4.79 Å². The van der Waals surface area contributed by atoms with Crippen LogP contribution in [0.25, 0.3) is 0 Å². The summed E-state index contributed by atoms with van der Waals surface area (Å²) in [6.07, 6.45) is 5.55. The third kappa shape index (κ3) is 2.22. The van der Waals surface area contributed by atoms with Gasteiger partial charge in [-0.15, -0.1) is 11.3 Å². The molecule has 0 radical (unpaired) electrons. The van der Waals surface area contributed by atoms with E-state index in [1.54, 1.807) is 4.90 Å². The molecule has 20 heavy (non-hydrogen) atoms. The zero-order chi connectivity index (χ0) is 14.3. The second-order valence-electron chi connectivity index (χ2n) is 5.66. The van der Waals surface area contributed by atoms with E-state index in [0.29, 0.717) is 5.13 Å². The number of aromatic nitrogens is 1. The van der Waals surface area contributed by atoms with Crippen molar-refractivity contribution in [2.24, 2.45) is 0 Å². The van der Waals surface area contributed by atoms with Crippen LogP contribution in [-0.2, 0) is 17.6 Å². The first kappa shape index (κ1) is 13.5. The number of hydrogen-bond acceptors (Lipinski definition) is 4. The van der Waals surface area contributed by atoms with E-state index >= 15 is 0 Å². The zero-order valence-corrected chi connectivity index (χ0v) is 12.7. The van der Waals surface area contributed by atoms with E-state index in [2.05, 4.69) is 4.98 Å². The molecule has 2 heterocycles. The maximum absolute atomic E-state index is 12.3. The Morgan fingerprint density at radius 2 is 1.90 bits per heavy atom. The summed E-state index contributed by atoms with van der Waals surface area (Å²) in [4.78, 5) is 33.1. The molecule has 108 valence electrons. The number of nitrogens with zero attached hydrogens (tertiary/aromatic N) is 3. The topological polar surface area (TPSA) is 53.5 Å². The molecule has 6 heteroatoms. The molecule has 3 amide bonds. The third-order valence-corrected chi connectivity index (χ3v) is 5.03. The smallest absolute Gasteiger partial charge is 0.312 e. The molecular weight excluding hydrogens is 274 g/mol. The van der Waals surface area contributed by atoms with E-state index in [1.165, 1.54) is 34.0 Å². The number of urea groups is 1. The molecule has 2 aliphatic rings. The normalized spacial score (nSPS) is 19.8. The molecule has 1 aliphatic heterocycles. The van der Waals surface area contributed by atoms with Crippen molar-refractivity contribution in [3.05, 3.63) is 10.6 Å². The predicted octanol–water partition coefficient (Wildman–Crippen LogP) is 2.59. The van der Waals surface area contributed by atoms with Crippen LogP contribution in [0.1, 0.15) is 43.7 Å². The lowest BCUT2D eigenvalue weighted by Crippen LogP contribution is -2.36. The first-order valence-electron chi connectivity index (χ1n) is 7.20. The van der Waals surface area contributed by atoms with Crippen molar-refractivity contribution in [1.82, 2.24) is 9.88 Å². The van der Waals surface area contributed by atoms with Crippen molar-refractivity contribution in [2.45, 2.75) is 52.0 Å². The van der Waals surface area contributed by atoms with Gasteiger partial charge in [-0.1, -0.05) is 6.42 Å². The lowest BCUT2D eigenvalue weighted by atomic mass is 10.2. The Morgan fingerprint density at radius 1 is 1.15 bits per heavy atom. The number of hydrogen-bond donors (Lipinski definition) is 0. The highest BCUT2D eigenvalue weighted by Gasteiger charge is 2.40. The molecule has 1 aromatic heterocycles. The summed E-state index contributed by atoms with van der Waals surface area (Å²) in [5.74, 6) is -0.160. The molecule has 0 saturated carbocycles. The molecule has 0 bridgehead atoms. The van der Waals surface area contributed by atoms with E-state index in [0.717, 1.165) is 25.0 Å². The molecule has 1 fully saturated rings. The molecule has 0 spiro atoms. The summed E-state index contributed by atoms with van der Waals surface area (Å²) in [6.45, 7) is 4.01. The SMILES string of the molecule is CC(C)N1CC(=O)N(c2nc3c(s2)CCCCC3)C1=O. The number of aryl methyl sites for hydroxylation is 2. The van der Waals surface area contributed by atoms with E-state index < -0.39 is 0 Å². The van der Waals surface area contributed by atoms with Gasteiger partial charge in [-0.05, 0) is 39.5 Å². The van der Waals surface area contributed by atoms with Gasteiger partial charge in [0.25, 0.3) is 5.91 Å². The first-order valence-corrected chi connectivity index (χ1v) is 8.01. The molecule has 5 nitrogen and oxygen atoms in total. The summed E-state index contributed by atoms with van der Waals surface area (Å²) in [7, 11) is 0. The largest absolute Gasteiger partial charge is 0.334 e. The highest BCUT2D eigenvalue weighted by molar-refractivity contribution is 7.16. The van der Waals surface area contributed by atoms with Crippen LogP contribution < -0.4 is 4.90 Å². The van der Waals surface area contributed by atoms with Gasteiger partial charge in [0.05, 0.1) is 5.69 Å².